The molecule has 0 aromatic heterocycles. The molecule has 0 aliphatic rings. The molecule has 0 aliphatic heterocycles. The number of rotatable bonds is 2. The first-order valence-electron chi connectivity index (χ1n) is 4.02. The molecule has 0 atom stereocenters. The summed E-state index contributed by atoms with van der Waals surface area (Å²) in [6, 6.07) is 6.85. The lowest BCUT2D eigenvalue weighted by molar-refractivity contribution is -0.0551. The molecule has 0 bridgehead atoms. The summed E-state index contributed by atoms with van der Waals surface area (Å²) >= 11 is 2.33. The van der Waals surface area contributed by atoms with Crippen LogP contribution in [0, 0.1) is 6.92 Å². The fourth-order valence-electron chi connectivity index (χ4n) is 0.805. The van der Waals surface area contributed by atoms with Crippen LogP contribution in [0.25, 0.3) is 0 Å². The van der Waals surface area contributed by atoms with Gasteiger partial charge in [0.15, 0.2) is 0 Å². The van der Waals surface area contributed by atoms with Gasteiger partial charge in [-0.25, -0.2) is 0 Å². The number of aryl methyl sites for hydroxylation is 1. The fourth-order valence-corrected chi connectivity index (χ4v) is 0.894. The highest BCUT2D eigenvalue weighted by atomic mass is 79.9. The molecule has 0 heterocycles. The number of hydrogen-bond acceptors (Lipinski definition) is 2. The first-order chi connectivity index (χ1) is 6.89. The number of nitrogens with one attached hydrogen (secondary N) is 1. The molecule has 6 heteroatoms. The average Bonchev–Trinajstić information content (AvgIpc) is 2.15. The van der Waals surface area contributed by atoms with E-state index < -0.39 is 10.8 Å². The van der Waals surface area contributed by atoms with Crippen molar-refractivity contribution in [2.45, 2.75) is 13.1 Å². The first kappa shape index (κ1) is 12.0. The average molecular weight is 281 g/mol. The van der Waals surface area contributed by atoms with E-state index in [0.29, 0.717) is 5.69 Å². The Bertz CT molecular complexity index is 357. The number of hydrazone groups is 1. The second-order valence-electron chi connectivity index (χ2n) is 2.88. The number of anilines is 1. The normalized spacial score (nSPS) is 12.7. The molecule has 1 N–H and O–H groups in total. The lowest BCUT2D eigenvalue weighted by atomic mass is 10.2. The van der Waals surface area contributed by atoms with Gasteiger partial charge in [-0.05, 0) is 35.0 Å². The highest BCUT2D eigenvalue weighted by Crippen LogP contribution is 2.21. The number of halogens is 4. The van der Waals surface area contributed by atoms with E-state index in [0.717, 1.165) is 5.56 Å². The summed E-state index contributed by atoms with van der Waals surface area (Å²) in [5.41, 5.74) is 3.83. The fraction of sp³-hybridized carbons (Fsp3) is 0.222. The van der Waals surface area contributed by atoms with E-state index >= 15 is 0 Å². The standard InChI is InChI=1S/C9H8BrF3N2/c1-6-2-4-7(5-3-6)14-15-8(10)9(11,12)13/h2-5,14H,1H3/b15-8+. The van der Waals surface area contributed by atoms with Crippen LogP contribution < -0.4 is 5.43 Å². The first-order valence-corrected chi connectivity index (χ1v) is 4.82. The Kier molecular flexibility index (Phi) is 3.73. The van der Waals surface area contributed by atoms with Crippen LogP contribution in [-0.2, 0) is 0 Å². The zero-order valence-corrected chi connectivity index (χ0v) is 9.35. The van der Waals surface area contributed by atoms with Gasteiger partial charge in [-0.1, -0.05) is 17.7 Å². The minimum atomic E-state index is -4.46. The maximum absolute atomic E-state index is 12.0. The lowest BCUT2D eigenvalue weighted by Gasteiger charge is -2.05. The van der Waals surface area contributed by atoms with Crippen LogP contribution in [0.4, 0.5) is 18.9 Å². The highest BCUT2D eigenvalue weighted by Gasteiger charge is 2.34. The molecule has 0 spiro atoms. The minimum Gasteiger partial charge on any atom is -0.277 e. The van der Waals surface area contributed by atoms with Gasteiger partial charge in [0.2, 0.25) is 4.62 Å². The zero-order chi connectivity index (χ0) is 11.5. The molecule has 2 nitrogen and oxygen atoms in total. The van der Waals surface area contributed by atoms with Gasteiger partial charge in [-0.3, -0.25) is 5.43 Å². The number of nitrogens with zero attached hydrogens (tertiary/aromatic N) is 1. The Balaban J connectivity index is 2.68. The maximum atomic E-state index is 12.0. The molecule has 1 aromatic rings. The van der Waals surface area contributed by atoms with Crippen molar-refractivity contribution in [2.75, 3.05) is 5.43 Å². The third kappa shape index (κ3) is 3.91. The molecular formula is C9H8BrF3N2. The summed E-state index contributed by atoms with van der Waals surface area (Å²) < 4.78 is 34.9. The van der Waals surface area contributed by atoms with Gasteiger partial charge in [0.25, 0.3) is 0 Å². The highest BCUT2D eigenvalue weighted by molar-refractivity contribution is 9.18. The Labute approximate surface area is 93.3 Å². The Morgan fingerprint density at radius 1 is 1.27 bits per heavy atom. The molecule has 0 amide bonds. The van der Waals surface area contributed by atoms with Crippen LogP contribution in [0.5, 0.6) is 0 Å². The number of alkyl halides is 3. The van der Waals surface area contributed by atoms with E-state index in [-0.39, 0.29) is 0 Å². The number of hydrogen-bond donors (Lipinski definition) is 1. The Morgan fingerprint density at radius 2 is 1.80 bits per heavy atom. The quantitative estimate of drug-likeness (QED) is 0.649. The van der Waals surface area contributed by atoms with Crippen LogP contribution >= 0.6 is 15.9 Å². The summed E-state index contributed by atoms with van der Waals surface area (Å²) in [6.07, 6.45) is -4.46. The minimum absolute atomic E-state index is 0.502. The van der Waals surface area contributed by atoms with Gasteiger partial charge in [0.1, 0.15) is 0 Å². The van der Waals surface area contributed by atoms with Crippen LogP contribution in [0.3, 0.4) is 0 Å². The Hall–Kier alpha value is -1.04. The second kappa shape index (κ2) is 4.65. The van der Waals surface area contributed by atoms with E-state index in [1.807, 2.05) is 6.92 Å². The van der Waals surface area contributed by atoms with Crippen molar-refractivity contribution in [1.82, 2.24) is 0 Å². The van der Waals surface area contributed by atoms with Crippen molar-refractivity contribution in [1.29, 1.82) is 0 Å². The topological polar surface area (TPSA) is 24.4 Å². The SMILES string of the molecule is Cc1ccc(N/N=C(/Br)C(F)(F)F)cc1. The molecule has 0 radical (unpaired) electrons. The summed E-state index contributed by atoms with van der Waals surface area (Å²) in [5.74, 6) is 0. The van der Waals surface area contributed by atoms with Crippen LogP contribution in [0.15, 0.2) is 29.4 Å². The third-order valence-electron chi connectivity index (χ3n) is 1.57. The van der Waals surface area contributed by atoms with E-state index in [1.165, 1.54) is 0 Å². The van der Waals surface area contributed by atoms with Crippen molar-refractivity contribution in [3.05, 3.63) is 29.8 Å². The molecule has 1 aromatic carbocycles. The molecule has 1 rings (SSSR count). The predicted octanol–water partition coefficient (Wildman–Crippen LogP) is 3.68. The van der Waals surface area contributed by atoms with E-state index in [9.17, 15) is 13.2 Å². The molecule has 0 saturated carbocycles. The molecule has 82 valence electrons. The molecule has 0 saturated heterocycles. The molecular weight excluding hydrogens is 273 g/mol. The molecule has 0 fully saturated rings. The van der Waals surface area contributed by atoms with Gasteiger partial charge in [0, 0.05) is 0 Å². The summed E-state index contributed by atoms with van der Waals surface area (Å²) in [5, 5.41) is 3.15. The maximum Gasteiger partial charge on any atom is 0.441 e. The largest absolute Gasteiger partial charge is 0.441 e. The Morgan fingerprint density at radius 3 is 2.27 bits per heavy atom. The van der Waals surface area contributed by atoms with Gasteiger partial charge < -0.3 is 0 Å². The molecule has 0 unspecified atom stereocenters. The van der Waals surface area contributed by atoms with Gasteiger partial charge in [-0.2, -0.15) is 18.3 Å². The van der Waals surface area contributed by atoms with E-state index in [1.54, 1.807) is 24.3 Å². The monoisotopic (exact) mass is 280 g/mol. The van der Waals surface area contributed by atoms with Crippen molar-refractivity contribution in [2.24, 2.45) is 5.10 Å². The summed E-state index contributed by atoms with van der Waals surface area (Å²) in [7, 11) is 0. The van der Waals surface area contributed by atoms with Gasteiger partial charge in [-0.15, -0.1) is 0 Å². The van der Waals surface area contributed by atoms with Crippen molar-refractivity contribution in [3.63, 3.8) is 0 Å². The van der Waals surface area contributed by atoms with Crippen molar-refractivity contribution >= 4 is 26.2 Å². The van der Waals surface area contributed by atoms with Crippen molar-refractivity contribution in [3.8, 4) is 0 Å². The van der Waals surface area contributed by atoms with Crippen LogP contribution in [0.2, 0.25) is 0 Å². The summed E-state index contributed by atoms with van der Waals surface area (Å²) in [4.78, 5) is 0. The number of benzene rings is 1. The van der Waals surface area contributed by atoms with Gasteiger partial charge in [0.05, 0.1) is 5.69 Å². The van der Waals surface area contributed by atoms with E-state index in [2.05, 4.69) is 26.5 Å². The molecule has 15 heavy (non-hydrogen) atoms. The lowest BCUT2D eigenvalue weighted by Crippen LogP contribution is -2.17. The van der Waals surface area contributed by atoms with Crippen LogP contribution in [0.1, 0.15) is 5.56 Å². The summed E-state index contributed by atoms with van der Waals surface area (Å²) in [6.45, 7) is 1.89. The third-order valence-corrected chi connectivity index (χ3v) is 2.20. The molecule has 0 aliphatic carbocycles. The second-order valence-corrected chi connectivity index (χ2v) is 3.63. The predicted molar refractivity (Wildman–Crippen MR) is 57.2 cm³/mol. The van der Waals surface area contributed by atoms with Gasteiger partial charge >= 0.3 is 6.18 Å². The van der Waals surface area contributed by atoms with Crippen molar-refractivity contribution < 1.29 is 13.2 Å². The zero-order valence-electron chi connectivity index (χ0n) is 7.77. The van der Waals surface area contributed by atoms with Crippen LogP contribution in [-0.4, -0.2) is 10.8 Å². The van der Waals surface area contributed by atoms with E-state index in [4.69, 9.17) is 0 Å². The smallest absolute Gasteiger partial charge is 0.277 e.